The van der Waals surface area contributed by atoms with Gasteiger partial charge < -0.3 is 15.4 Å². The average molecular weight is 613 g/mol. The van der Waals surface area contributed by atoms with Gasteiger partial charge in [0.2, 0.25) is 0 Å². The van der Waals surface area contributed by atoms with E-state index >= 15 is 0 Å². The van der Waals surface area contributed by atoms with Crippen LogP contribution in [0.1, 0.15) is 35.7 Å². The predicted molar refractivity (Wildman–Crippen MR) is 160 cm³/mol. The summed E-state index contributed by atoms with van der Waals surface area (Å²) in [6.45, 7) is 3.55. The second-order valence-corrected chi connectivity index (χ2v) is 12.4. The number of rotatable bonds is 12. The van der Waals surface area contributed by atoms with Crippen molar-refractivity contribution >= 4 is 45.0 Å². The number of amides is 1. The third-order valence-electron chi connectivity index (χ3n) is 6.92. The van der Waals surface area contributed by atoms with E-state index in [4.69, 9.17) is 4.74 Å². The van der Waals surface area contributed by atoms with Crippen LogP contribution in [-0.4, -0.2) is 57.2 Å². The van der Waals surface area contributed by atoms with Gasteiger partial charge in [-0.05, 0) is 74.8 Å². The van der Waals surface area contributed by atoms with Crippen LogP contribution in [0.15, 0.2) is 82.6 Å². The third-order valence-corrected chi connectivity index (χ3v) is 9.31. The van der Waals surface area contributed by atoms with Crippen LogP contribution < -0.4 is 15.4 Å². The van der Waals surface area contributed by atoms with Crippen molar-refractivity contribution in [3.8, 4) is 0 Å². The predicted octanol–water partition coefficient (Wildman–Crippen LogP) is 4.10. The van der Waals surface area contributed by atoms with E-state index in [9.17, 15) is 28.1 Å². The van der Waals surface area contributed by atoms with E-state index in [1.54, 1.807) is 30.8 Å². The third kappa shape index (κ3) is 7.27. The Morgan fingerprint density at radius 1 is 1.05 bits per heavy atom. The Morgan fingerprint density at radius 2 is 1.79 bits per heavy atom. The van der Waals surface area contributed by atoms with Gasteiger partial charge in [0.1, 0.15) is 0 Å². The first-order valence-electron chi connectivity index (χ1n) is 13.4. The van der Waals surface area contributed by atoms with Gasteiger partial charge in [0.25, 0.3) is 21.6 Å². The molecule has 3 aromatic carbocycles. The number of nitro groups is 1. The van der Waals surface area contributed by atoms with Gasteiger partial charge in [-0.25, -0.2) is 13.1 Å². The molecule has 11 nitrogen and oxygen atoms in total. The number of carbonyl (C=O) groups is 2. The maximum atomic E-state index is 13.2. The van der Waals surface area contributed by atoms with Crippen LogP contribution in [0.2, 0.25) is 0 Å². The first-order valence-corrected chi connectivity index (χ1v) is 15.9. The van der Waals surface area contributed by atoms with Crippen molar-refractivity contribution in [2.75, 3.05) is 37.3 Å². The summed E-state index contributed by atoms with van der Waals surface area (Å²) in [5.41, 5.74) is -0.729. The Hall–Kier alpha value is -3.94. The molecule has 0 unspecified atom stereocenters. The second kappa shape index (κ2) is 13.8. The van der Waals surface area contributed by atoms with Crippen LogP contribution in [0.25, 0.3) is 0 Å². The minimum absolute atomic E-state index is 0.00450. The van der Waals surface area contributed by atoms with E-state index < -0.39 is 42.8 Å². The fourth-order valence-electron chi connectivity index (χ4n) is 4.81. The number of sulfonamides is 1. The summed E-state index contributed by atoms with van der Waals surface area (Å²) in [4.78, 5) is 37.5. The Bertz CT molecular complexity index is 1540. The smallest absolute Gasteiger partial charge is 0.316 e. The van der Waals surface area contributed by atoms with Gasteiger partial charge in [-0.1, -0.05) is 30.3 Å². The van der Waals surface area contributed by atoms with Crippen molar-refractivity contribution in [2.24, 2.45) is 0 Å². The standard InChI is InChI=1S/C29H32N4O7S2/c1-2-40-28(35)29(13-15-30-16-14-29)22-8-6-7-21(19-22)27(34)32-42(38,39)26-12-11-23(20-25(26)33(36)37)31-17-18-41-24-9-4-3-5-10-24/h3-12,19-20,30-31H,2,13-18H2,1H3,(H,32,34). The molecule has 1 aliphatic rings. The van der Waals surface area contributed by atoms with Gasteiger partial charge in [-0.15, -0.1) is 11.8 Å². The Labute approximate surface area is 248 Å². The van der Waals surface area contributed by atoms with E-state index in [0.717, 1.165) is 17.0 Å². The molecule has 13 heteroatoms. The number of nitrogens with one attached hydrogen (secondary N) is 3. The fraction of sp³-hybridized carbons (Fsp3) is 0.310. The molecule has 1 saturated heterocycles. The van der Waals surface area contributed by atoms with Crippen LogP contribution in [0.3, 0.4) is 0 Å². The molecule has 3 aromatic rings. The summed E-state index contributed by atoms with van der Waals surface area (Å²) < 4.78 is 33.6. The SMILES string of the molecule is CCOC(=O)C1(c2cccc(C(=O)NS(=O)(=O)c3ccc(NCCSc4ccccc4)cc3[N+](=O)[O-])c2)CCNCC1. The molecule has 0 aliphatic carbocycles. The molecule has 1 amide bonds. The lowest BCUT2D eigenvalue weighted by molar-refractivity contribution is -0.387. The number of hydrogen-bond donors (Lipinski definition) is 3. The highest BCUT2D eigenvalue weighted by atomic mass is 32.2. The molecule has 1 heterocycles. The summed E-state index contributed by atoms with van der Waals surface area (Å²) in [6.07, 6.45) is 0.902. The molecule has 1 fully saturated rings. The highest BCUT2D eigenvalue weighted by molar-refractivity contribution is 7.99. The normalized spacial score (nSPS) is 14.5. The Kier molecular flexibility index (Phi) is 10.2. The van der Waals surface area contributed by atoms with Crippen molar-refractivity contribution in [1.82, 2.24) is 10.0 Å². The number of benzene rings is 3. The first-order chi connectivity index (χ1) is 20.2. The second-order valence-electron chi connectivity index (χ2n) is 9.60. The molecule has 1 aliphatic heterocycles. The van der Waals surface area contributed by atoms with Crippen molar-refractivity contribution in [2.45, 2.75) is 35.0 Å². The van der Waals surface area contributed by atoms with Gasteiger partial charge >= 0.3 is 5.97 Å². The molecule has 0 atom stereocenters. The Balaban J connectivity index is 1.50. The van der Waals surface area contributed by atoms with E-state index in [1.165, 1.54) is 18.2 Å². The van der Waals surface area contributed by atoms with Crippen molar-refractivity contribution in [1.29, 1.82) is 0 Å². The van der Waals surface area contributed by atoms with E-state index in [1.807, 2.05) is 35.1 Å². The van der Waals surface area contributed by atoms with E-state index in [0.29, 0.717) is 49.5 Å². The number of anilines is 1. The lowest BCUT2D eigenvalue weighted by atomic mass is 9.73. The topological polar surface area (TPSA) is 157 Å². The zero-order valence-electron chi connectivity index (χ0n) is 23.0. The Morgan fingerprint density at radius 3 is 2.48 bits per heavy atom. The molecule has 222 valence electrons. The lowest BCUT2D eigenvalue weighted by Gasteiger charge is -2.35. The number of nitrogens with zero attached hydrogens (tertiary/aromatic N) is 1. The van der Waals surface area contributed by atoms with Crippen LogP contribution in [0, 0.1) is 10.1 Å². The van der Waals surface area contributed by atoms with Gasteiger partial charge in [0, 0.05) is 34.5 Å². The molecule has 0 radical (unpaired) electrons. The maximum Gasteiger partial charge on any atom is 0.316 e. The number of esters is 1. The van der Waals surface area contributed by atoms with E-state index in [2.05, 4.69) is 10.6 Å². The molecule has 4 rings (SSSR count). The quantitative estimate of drug-likeness (QED) is 0.0894. The van der Waals surface area contributed by atoms with Gasteiger partial charge in [-0.3, -0.25) is 19.7 Å². The minimum atomic E-state index is -4.61. The highest BCUT2D eigenvalue weighted by Gasteiger charge is 2.43. The number of nitro benzene ring substituents is 1. The molecule has 0 aromatic heterocycles. The number of thioether (sulfide) groups is 1. The summed E-state index contributed by atoms with van der Waals surface area (Å²) in [6, 6.07) is 19.6. The number of carbonyl (C=O) groups excluding carboxylic acids is 2. The van der Waals surface area contributed by atoms with Gasteiger partial charge in [0.05, 0.1) is 16.9 Å². The fourth-order valence-corrected chi connectivity index (χ4v) is 6.72. The van der Waals surface area contributed by atoms with Crippen molar-refractivity contribution < 1.29 is 27.7 Å². The molecular weight excluding hydrogens is 580 g/mol. The van der Waals surface area contributed by atoms with Gasteiger partial charge in [-0.2, -0.15) is 0 Å². The summed E-state index contributed by atoms with van der Waals surface area (Å²) in [5.74, 6) is -0.695. The number of ether oxygens (including phenoxy) is 1. The molecule has 3 N–H and O–H groups in total. The number of piperidine rings is 1. The van der Waals surface area contributed by atoms with Crippen LogP contribution in [0.4, 0.5) is 11.4 Å². The van der Waals surface area contributed by atoms with Crippen LogP contribution >= 0.6 is 11.8 Å². The van der Waals surface area contributed by atoms with Crippen LogP contribution in [0.5, 0.6) is 0 Å². The monoisotopic (exact) mass is 612 g/mol. The van der Waals surface area contributed by atoms with Gasteiger partial charge in [0.15, 0.2) is 4.90 Å². The average Bonchev–Trinajstić information content (AvgIpc) is 3.00. The van der Waals surface area contributed by atoms with E-state index in [-0.39, 0.29) is 12.2 Å². The molecule has 0 spiro atoms. The van der Waals surface area contributed by atoms with Crippen molar-refractivity contribution in [3.63, 3.8) is 0 Å². The molecule has 0 bridgehead atoms. The largest absolute Gasteiger partial charge is 0.465 e. The first kappa shape index (κ1) is 31.0. The zero-order chi connectivity index (χ0) is 30.2. The molecule has 42 heavy (non-hydrogen) atoms. The summed E-state index contributed by atoms with van der Waals surface area (Å²) >= 11 is 1.61. The van der Waals surface area contributed by atoms with Crippen molar-refractivity contribution in [3.05, 3.63) is 94.0 Å². The molecular formula is C29H32N4O7S2. The van der Waals surface area contributed by atoms with Crippen LogP contribution in [-0.2, 0) is 25.0 Å². The highest BCUT2D eigenvalue weighted by Crippen LogP contribution is 2.36. The summed E-state index contributed by atoms with van der Waals surface area (Å²) in [5, 5.41) is 18.1. The molecule has 0 saturated carbocycles. The minimum Gasteiger partial charge on any atom is -0.465 e. The lowest BCUT2D eigenvalue weighted by Crippen LogP contribution is -2.46. The number of hydrogen-bond acceptors (Lipinski definition) is 10. The zero-order valence-corrected chi connectivity index (χ0v) is 24.6. The summed E-state index contributed by atoms with van der Waals surface area (Å²) in [7, 11) is -4.61. The maximum absolute atomic E-state index is 13.2.